The molecule has 1 radical (unpaired) electrons. The maximum Gasteiger partial charge on any atom is 0.174 e. The van der Waals surface area contributed by atoms with Crippen LogP contribution in [0.2, 0.25) is 0 Å². The van der Waals surface area contributed by atoms with E-state index in [-0.39, 0.29) is 12.6 Å². The number of halogens is 1. The van der Waals surface area contributed by atoms with Gasteiger partial charge in [-0.3, -0.25) is 0 Å². The van der Waals surface area contributed by atoms with Crippen molar-refractivity contribution in [1.82, 2.24) is 0 Å². The summed E-state index contributed by atoms with van der Waals surface area (Å²) in [4.78, 5) is 0. The summed E-state index contributed by atoms with van der Waals surface area (Å²) in [6.45, 7) is 2.07. The molecule has 1 aliphatic carbocycles. The Kier molecular flexibility index (Phi) is 6.04. The Balaban J connectivity index is 2.00. The molecule has 1 aliphatic rings. The summed E-state index contributed by atoms with van der Waals surface area (Å²) in [7, 11) is 1.62. The van der Waals surface area contributed by atoms with Gasteiger partial charge in [-0.15, -0.1) is 0 Å². The van der Waals surface area contributed by atoms with Crippen LogP contribution in [0.4, 0.5) is 4.39 Å². The van der Waals surface area contributed by atoms with Gasteiger partial charge in [0.05, 0.1) is 25.6 Å². The highest BCUT2D eigenvalue weighted by Crippen LogP contribution is 2.21. The van der Waals surface area contributed by atoms with Crippen LogP contribution in [0.5, 0.6) is 0 Å². The summed E-state index contributed by atoms with van der Waals surface area (Å²) < 4.78 is 28.1. The van der Waals surface area contributed by atoms with Crippen LogP contribution in [-0.2, 0) is 14.2 Å². The van der Waals surface area contributed by atoms with E-state index in [2.05, 4.69) is 0 Å². The first-order valence-corrected chi connectivity index (χ1v) is 4.91. The molecule has 15 heavy (non-hydrogen) atoms. The third-order valence-electron chi connectivity index (χ3n) is 1.85. The lowest BCUT2D eigenvalue weighted by Gasteiger charge is -2.13. The molecule has 0 atom stereocenters. The zero-order valence-electron chi connectivity index (χ0n) is 8.87. The fraction of sp³-hybridized carbons (Fsp3) is 0.545. The van der Waals surface area contributed by atoms with Crippen molar-refractivity contribution >= 4 is 0 Å². The van der Waals surface area contributed by atoms with Gasteiger partial charge >= 0.3 is 0 Å². The van der Waals surface area contributed by atoms with E-state index in [1.54, 1.807) is 19.3 Å². The Bertz CT molecular complexity index is 226. The molecule has 0 bridgehead atoms. The van der Waals surface area contributed by atoms with E-state index in [9.17, 15) is 4.39 Å². The second kappa shape index (κ2) is 7.43. The maximum absolute atomic E-state index is 12.8. The summed E-state index contributed by atoms with van der Waals surface area (Å²) in [6, 6.07) is 0. The molecule has 0 amide bonds. The van der Waals surface area contributed by atoms with Gasteiger partial charge in [0.25, 0.3) is 0 Å². The second-order valence-electron chi connectivity index (χ2n) is 3.07. The molecule has 0 fully saturated rings. The Morgan fingerprint density at radius 1 is 1.27 bits per heavy atom. The molecule has 0 unspecified atom stereocenters. The minimum absolute atomic E-state index is 0.173. The number of methoxy groups -OCH3 is 1. The summed E-state index contributed by atoms with van der Waals surface area (Å²) in [6.07, 6.45) is 4.90. The SMILES string of the molecule is COCCOCCOC1=CC=C[C](F)C1. The Labute approximate surface area is 89.5 Å². The van der Waals surface area contributed by atoms with Crippen LogP contribution in [0.15, 0.2) is 24.0 Å². The molecule has 3 nitrogen and oxygen atoms in total. The van der Waals surface area contributed by atoms with E-state index in [4.69, 9.17) is 14.2 Å². The maximum atomic E-state index is 12.8. The average Bonchev–Trinajstić information content (AvgIpc) is 2.23. The normalized spacial score (nSPS) is 16.5. The van der Waals surface area contributed by atoms with Crippen LogP contribution < -0.4 is 0 Å². The highest BCUT2D eigenvalue weighted by atomic mass is 19.1. The Hall–Kier alpha value is -0.870. The number of rotatable bonds is 7. The third-order valence-corrected chi connectivity index (χ3v) is 1.85. The Morgan fingerprint density at radius 2 is 2.07 bits per heavy atom. The first kappa shape index (κ1) is 12.2. The molecule has 0 N–H and O–H groups in total. The van der Waals surface area contributed by atoms with E-state index >= 15 is 0 Å². The average molecular weight is 215 g/mol. The molecule has 0 saturated heterocycles. The van der Waals surface area contributed by atoms with Crippen molar-refractivity contribution in [3.8, 4) is 0 Å². The fourth-order valence-corrected chi connectivity index (χ4v) is 1.12. The largest absolute Gasteiger partial charge is 0.495 e. The number of ether oxygens (including phenoxy) is 3. The predicted molar refractivity (Wildman–Crippen MR) is 54.8 cm³/mol. The van der Waals surface area contributed by atoms with Gasteiger partial charge in [0.15, 0.2) is 6.17 Å². The molecule has 1 rings (SSSR count). The predicted octanol–water partition coefficient (Wildman–Crippen LogP) is 2.01. The van der Waals surface area contributed by atoms with Crippen molar-refractivity contribution in [3.63, 3.8) is 0 Å². The molecular formula is C11H16FO3. The summed E-state index contributed by atoms with van der Waals surface area (Å²) in [5.74, 6) is 0.644. The van der Waals surface area contributed by atoms with Gasteiger partial charge in [0, 0.05) is 13.5 Å². The van der Waals surface area contributed by atoms with Crippen molar-refractivity contribution in [3.05, 3.63) is 30.2 Å². The van der Waals surface area contributed by atoms with E-state index in [0.29, 0.717) is 32.2 Å². The lowest BCUT2D eigenvalue weighted by atomic mass is 10.1. The van der Waals surface area contributed by atoms with Gasteiger partial charge in [-0.25, -0.2) is 4.39 Å². The monoisotopic (exact) mass is 215 g/mol. The molecule has 0 saturated carbocycles. The molecule has 0 aromatic rings. The number of allylic oxidation sites excluding steroid dienone is 4. The smallest absolute Gasteiger partial charge is 0.174 e. The quantitative estimate of drug-likeness (QED) is 0.608. The molecule has 0 aromatic heterocycles. The first-order chi connectivity index (χ1) is 7.33. The Morgan fingerprint density at radius 3 is 2.80 bits per heavy atom. The van der Waals surface area contributed by atoms with Crippen molar-refractivity contribution < 1.29 is 18.6 Å². The molecule has 0 aromatic carbocycles. The van der Waals surface area contributed by atoms with Crippen molar-refractivity contribution in [2.24, 2.45) is 0 Å². The minimum Gasteiger partial charge on any atom is -0.495 e. The van der Waals surface area contributed by atoms with Crippen LogP contribution in [0, 0.1) is 6.17 Å². The van der Waals surface area contributed by atoms with E-state index in [1.165, 1.54) is 6.08 Å². The molecule has 0 heterocycles. The van der Waals surface area contributed by atoms with Crippen molar-refractivity contribution in [2.45, 2.75) is 6.42 Å². The highest BCUT2D eigenvalue weighted by molar-refractivity contribution is 5.23. The highest BCUT2D eigenvalue weighted by Gasteiger charge is 2.11. The van der Waals surface area contributed by atoms with Gasteiger partial charge in [0.2, 0.25) is 0 Å². The topological polar surface area (TPSA) is 27.7 Å². The van der Waals surface area contributed by atoms with Crippen molar-refractivity contribution in [2.75, 3.05) is 33.5 Å². The molecule has 4 heteroatoms. The van der Waals surface area contributed by atoms with Crippen LogP contribution >= 0.6 is 0 Å². The third kappa shape index (κ3) is 5.54. The zero-order valence-corrected chi connectivity index (χ0v) is 8.87. The lowest BCUT2D eigenvalue weighted by Crippen LogP contribution is -2.09. The summed E-state index contributed by atoms with van der Waals surface area (Å²) in [5, 5.41) is 0. The minimum atomic E-state index is -0.173. The van der Waals surface area contributed by atoms with Gasteiger partial charge in [-0.2, -0.15) is 0 Å². The van der Waals surface area contributed by atoms with Crippen LogP contribution in [0.25, 0.3) is 0 Å². The zero-order chi connectivity index (χ0) is 10.9. The fourth-order valence-electron chi connectivity index (χ4n) is 1.12. The van der Waals surface area contributed by atoms with E-state index < -0.39 is 0 Å². The lowest BCUT2D eigenvalue weighted by molar-refractivity contribution is 0.0400. The number of hydrogen-bond acceptors (Lipinski definition) is 3. The first-order valence-electron chi connectivity index (χ1n) is 4.91. The summed E-state index contributed by atoms with van der Waals surface area (Å²) in [5.41, 5.74) is 0. The number of hydrogen-bond donors (Lipinski definition) is 0. The molecule has 0 aliphatic heterocycles. The second-order valence-corrected chi connectivity index (χ2v) is 3.07. The van der Waals surface area contributed by atoms with Crippen LogP contribution in [-0.4, -0.2) is 33.5 Å². The van der Waals surface area contributed by atoms with Crippen molar-refractivity contribution in [1.29, 1.82) is 0 Å². The van der Waals surface area contributed by atoms with Gasteiger partial charge < -0.3 is 14.2 Å². The summed E-state index contributed by atoms with van der Waals surface area (Å²) >= 11 is 0. The van der Waals surface area contributed by atoms with Gasteiger partial charge in [-0.05, 0) is 12.2 Å². The van der Waals surface area contributed by atoms with Gasteiger partial charge in [0.1, 0.15) is 6.61 Å². The van der Waals surface area contributed by atoms with Crippen LogP contribution in [0.3, 0.4) is 0 Å². The molecule has 85 valence electrons. The molecule has 0 spiro atoms. The molecular weight excluding hydrogens is 199 g/mol. The van der Waals surface area contributed by atoms with Gasteiger partial charge in [-0.1, -0.05) is 6.08 Å². The van der Waals surface area contributed by atoms with E-state index in [0.717, 1.165) is 0 Å². The standard InChI is InChI=1S/C11H16FO3/c1-13-5-6-14-7-8-15-11-4-2-3-10(12)9-11/h2-4H,5-9H2,1H3. The van der Waals surface area contributed by atoms with E-state index in [1.807, 2.05) is 0 Å². The van der Waals surface area contributed by atoms with Crippen LogP contribution in [0.1, 0.15) is 6.42 Å².